The van der Waals surface area contributed by atoms with Crippen molar-refractivity contribution < 1.29 is 14.6 Å². The Kier molecular flexibility index (Phi) is 9.47. The lowest BCUT2D eigenvalue weighted by atomic mass is 10.2. The zero-order valence-electron chi connectivity index (χ0n) is 13.6. The molecule has 0 spiro atoms. The van der Waals surface area contributed by atoms with Gasteiger partial charge in [-0.25, -0.2) is 0 Å². The molecule has 5 nitrogen and oxygen atoms in total. The van der Waals surface area contributed by atoms with Crippen LogP contribution < -0.4 is 20.1 Å². The molecule has 0 saturated carbocycles. The molecule has 0 aromatic heterocycles. The van der Waals surface area contributed by atoms with E-state index in [1.165, 1.54) is 0 Å². The lowest BCUT2D eigenvalue weighted by molar-refractivity contribution is 0.191. The van der Waals surface area contributed by atoms with Gasteiger partial charge in [0.05, 0.1) is 23.8 Å². The second-order valence-corrected chi connectivity index (χ2v) is 5.86. The number of hydrogen-bond donors (Lipinski definition) is 3. The van der Waals surface area contributed by atoms with E-state index in [9.17, 15) is 0 Å². The minimum absolute atomic E-state index is 0.309. The fourth-order valence-electron chi connectivity index (χ4n) is 1.99. The van der Waals surface area contributed by atoms with Crippen molar-refractivity contribution >= 4 is 15.9 Å². The summed E-state index contributed by atoms with van der Waals surface area (Å²) in [6.45, 7) is 9.92. The van der Waals surface area contributed by atoms with Crippen molar-refractivity contribution in [1.82, 2.24) is 10.6 Å². The first kappa shape index (κ1) is 19.2. The Hall–Kier alpha value is -0.820. The Labute approximate surface area is 141 Å². The molecule has 0 aliphatic heterocycles. The minimum atomic E-state index is -0.309. The van der Waals surface area contributed by atoms with E-state index in [2.05, 4.69) is 26.6 Å². The van der Waals surface area contributed by atoms with Gasteiger partial charge < -0.3 is 25.2 Å². The lowest BCUT2D eigenvalue weighted by Gasteiger charge is -2.15. The van der Waals surface area contributed by atoms with Crippen LogP contribution in [0.1, 0.15) is 26.3 Å². The van der Waals surface area contributed by atoms with Gasteiger partial charge in [-0.3, -0.25) is 0 Å². The van der Waals surface area contributed by atoms with E-state index in [0.29, 0.717) is 19.8 Å². The van der Waals surface area contributed by atoms with Crippen LogP contribution in [0.2, 0.25) is 0 Å². The van der Waals surface area contributed by atoms with Gasteiger partial charge in [-0.05, 0) is 54.4 Å². The first-order chi connectivity index (χ1) is 10.6. The van der Waals surface area contributed by atoms with Crippen LogP contribution in [0.4, 0.5) is 0 Å². The van der Waals surface area contributed by atoms with Gasteiger partial charge in [-0.15, -0.1) is 0 Å². The van der Waals surface area contributed by atoms with Gasteiger partial charge in [0.2, 0.25) is 0 Å². The SMILES string of the molecule is CCOc1cc(CNCCNC[C@H](C)O)cc(Br)c1OCC. The summed E-state index contributed by atoms with van der Waals surface area (Å²) in [6, 6.07) is 4.05. The molecule has 1 rings (SSSR count). The molecule has 0 amide bonds. The molecule has 0 aliphatic carbocycles. The van der Waals surface area contributed by atoms with Gasteiger partial charge in [0.1, 0.15) is 0 Å². The number of nitrogens with one attached hydrogen (secondary N) is 2. The zero-order chi connectivity index (χ0) is 16.4. The van der Waals surface area contributed by atoms with Crippen molar-refractivity contribution in [2.75, 3.05) is 32.8 Å². The third-order valence-corrected chi connectivity index (χ3v) is 3.49. The third-order valence-electron chi connectivity index (χ3n) is 2.91. The van der Waals surface area contributed by atoms with E-state index < -0.39 is 0 Å². The van der Waals surface area contributed by atoms with E-state index in [1.54, 1.807) is 6.92 Å². The average molecular weight is 375 g/mol. The Bertz CT molecular complexity index is 442. The molecule has 1 atom stereocenters. The van der Waals surface area contributed by atoms with E-state index >= 15 is 0 Å². The number of benzene rings is 1. The van der Waals surface area contributed by atoms with Gasteiger partial charge in [-0.2, -0.15) is 0 Å². The van der Waals surface area contributed by atoms with Crippen LogP contribution >= 0.6 is 15.9 Å². The minimum Gasteiger partial charge on any atom is -0.490 e. The maximum absolute atomic E-state index is 9.15. The highest BCUT2D eigenvalue weighted by Crippen LogP contribution is 2.36. The van der Waals surface area contributed by atoms with E-state index in [1.807, 2.05) is 26.0 Å². The van der Waals surface area contributed by atoms with E-state index in [4.69, 9.17) is 14.6 Å². The molecule has 3 N–H and O–H groups in total. The van der Waals surface area contributed by atoms with Crippen LogP contribution in [-0.4, -0.2) is 44.1 Å². The second kappa shape index (κ2) is 10.8. The fourth-order valence-corrected chi connectivity index (χ4v) is 2.60. The summed E-state index contributed by atoms with van der Waals surface area (Å²) >= 11 is 3.55. The molecule has 0 radical (unpaired) electrons. The number of rotatable bonds is 11. The summed E-state index contributed by atoms with van der Waals surface area (Å²) < 4.78 is 12.2. The predicted molar refractivity (Wildman–Crippen MR) is 92.7 cm³/mol. The van der Waals surface area contributed by atoms with Crippen LogP contribution in [0.15, 0.2) is 16.6 Å². The molecule has 22 heavy (non-hydrogen) atoms. The van der Waals surface area contributed by atoms with Gasteiger partial charge in [0.25, 0.3) is 0 Å². The Morgan fingerprint density at radius 1 is 1.14 bits per heavy atom. The second-order valence-electron chi connectivity index (χ2n) is 5.00. The standard InChI is InChI=1S/C16H27BrN2O3/c1-4-21-15-9-13(8-14(17)16(15)22-5-2)11-19-7-6-18-10-12(3)20/h8-9,12,18-20H,4-7,10-11H2,1-3H3/t12-/m0/s1. The number of aliphatic hydroxyl groups excluding tert-OH is 1. The first-order valence-electron chi connectivity index (χ1n) is 7.76. The molecule has 0 heterocycles. The molecule has 0 unspecified atom stereocenters. The quantitative estimate of drug-likeness (QED) is 0.518. The molecule has 126 valence electrons. The van der Waals surface area contributed by atoms with Crippen LogP contribution in [0.25, 0.3) is 0 Å². The van der Waals surface area contributed by atoms with Gasteiger partial charge >= 0.3 is 0 Å². The molecule has 0 bridgehead atoms. The summed E-state index contributed by atoms with van der Waals surface area (Å²) in [7, 11) is 0. The summed E-state index contributed by atoms with van der Waals surface area (Å²) in [5.41, 5.74) is 1.13. The largest absolute Gasteiger partial charge is 0.490 e. The van der Waals surface area contributed by atoms with Crippen molar-refractivity contribution in [3.05, 3.63) is 22.2 Å². The van der Waals surface area contributed by atoms with Crippen LogP contribution in [0, 0.1) is 0 Å². The smallest absolute Gasteiger partial charge is 0.175 e. The number of hydrogen-bond acceptors (Lipinski definition) is 5. The van der Waals surface area contributed by atoms with Crippen LogP contribution in [0.5, 0.6) is 11.5 Å². The Morgan fingerprint density at radius 3 is 2.45 bits per heavy atom. The van der Waals surface area contributed by atoms with E-state index in [-0.39, 0.29) is 6.10 Å². The highest BCUT2D eigenvalue weighted by Gasteiger charge is 2.11. The highest BCUT2D eigenvalue weighted by atomic mass is 79.9. The molecule has 1 aromatic carbocycles. The van der Waals surface area contributed by atoms with Crippen molar-refractivity contribution in [3.63, 3.8) is 0 Å². The van der Waals surface area contributed by atoms with E-state index in [0.717, 1.165) is 41.2 Å². The molecule has 1 aromatic rings. The predicted octanol–water partition coefficient (Wildman–Crippen LogP) is 2.31. The summed E-state index contributed by atoms with van der Waals surface area (Å²) in [5.74, 6) is 1.52. The fraction of sp³-hybridized carbons (Fsp3) is 0.625. The maximum atomic E-state index is 9.15. The summed E-state index contributed by atoms with van der Waals surface area (Å²) in [4.78, 5) is 0. The van der Waals surface area contributed by atoms with Gasteiger partial charge in [0.15, 0.2) is 11.5 Å². The van der Waals surface area contributed by atoms with Crippen molar-refractivity contribution in [3.8, 4) is 11.5 Å². The number of ether oxygens (including phenoxy) is 2. The maximum Gasteiger partial charge on any atom is 0.175 e. The summed E-state index contributed by atoms with van der Waals surface area (Å²) in [5, 5.41) is 15.7. The van der Waals surface area contributed by atoms with Crippen molar-refractivity contribution in [2.24, 2.45) is 0 Å². The Morgan fingerprint density at radius 2 is 1.82 bits per heavy atom. The van der Waals surface area contributed by atoms with Crippen LogP contribution in [-0.2, 0) is 6.54 Å². The topological polar surface area (TPSA) is 62.8 Å². The lowest BCUT2D eigenvalue weighted by Crippen LogP contribution is -2.31. The molecule has 0 fully saturated rings. The molecular weight excluding hydrogens is 348 g/mol. The third kappa shape index (κ3) is 6.96. The van der Waals surface area contributed by atoms with Crippen LogP contribution in [0.3, 0.4) is 0 Å². The summed E-state index contributed by atoms with van der Waals surface area (Å²) in [6.07, 6.45) is -0.309. The highest BCUT2D eigenvalue weighted by molar-refractivity contribution is 9.10. The zero-order valence-corrected chi connectivity index (χ0v) is 15.2. The first-order valence-corrected chi connectivity index (χ1v) is 8.55. The average Bonchev–Trinajstić information content (AvgIpc) is 2.46. The number of aliphatic hydroxyl groups is 1. The molecular formula is C16H27BrN2O3. The molecule has 0 saturated heterocycles. The van der Waals surface area contributed by atoms with Crippen molar-refractivity contribution in [2.45, 2.75) is 33.4 Å². The van der Waals surface area contributed by atoms with Crippen molar-refractivity contribution in [1.29, 1.82) is 0 Å². The Balaban J connectivity index is 2.53. The normalized spacial score (nSPS) is 12.2. The molecule has 0 aliphatic rings. The monoisotopic (exact) mass is 374 g/mol. The number of halogens is 1. The van der Waals surface area contributed by atoms with Gasteiger partial charge in [-0.1, -0.05) is 0 Å². The van der Waals surface area contributed by atoms with Gasteiger partial charge in [0, 0.05) is 26.2 Å². The molecule has 6 heteroatoms.